The van der Waals surface area contributed by atoms with Gasteiger partial charge in [-0.05, 0) is 44.8 Å². The van der Waals surface area contributed by atoms with Gasteiger partial charge in [0.2, 0.25) is 0 Å². The summed E-state index contributed by atoms with van der Waals surface area (Å²) >= 11 is 0. The van der Waals surface area contributed by atoms with E-state index in [9.17, 15) is 8.42 Å². The van der Waals surface area contributed by atoms with Gasteiger partial charge in [0.25, 0.3) is 10.1 Å². The van der Waals surface area contributed by atoms with Gasteiger partial charge in [-0.25, -0.2) is 0 Å². The van der Waals surface area contributed by atoms with Gasteiger partial charge < -0.3 is 4.43 Å². The summed E-state index contributed by atoms with van der Waals surface area (Å²) in [6, 6.07) is 0. The molecular weight excluding hydrogens is 342 g/mol. The van der Waals surface area contributed by atoms with Crippen molar-refractivity contribution in [3.05, 3.63) is 0 Å². The Hall–Kier alpha value is 0.0469. The minimum absolute atomic E-state index is 0.0645. The molecule has 5 nitrogen and oxygen atoms in total. The second-order valence-electron chi connectivity index (χ2n) is 9.66. The summed E-state index contributed by atoms with van der Waals surface area (Å²) < 4.78 is 34.2. The van der Waals surface area contributed by atoms with Crippen molar-refractivity contribution in [3.63, 3.8) is 0 Å². The average molecular weight is 380 g/mol. The van der Waals surface area contributed by atoms with E-state index in [2.05, 4.69) is 59.5 Å². The second kappa shape index (κ2) is 7.35. The quantitative estimate of drug-likeness (QED) is 0.523. The SMILES string of the molecule is CC(C)(C)N1CC(CO[Si](C)(C)C(C)(C)C)C(COS(C)(=O)=O)C1. The second-order valence-corrected chi connectivity index (χ2v) is 16.1. The molecule has 1 rings (SSSR count). The molecule has 0 amide bonds. The number of hydrogen-bond donors (Lipinski definition) is 0. The highest BCUT2D eigenvalue weighted by atomic mass is 32.2. The third kappa shape index (κ3) is 6.41. The molecule has 144 valence electrons. The molecular formula is C17H37NO4SSi. The minimum Gasteiger partial charge on any atom is -0.416 e. The van der Waals surface area contributed by atoms with Crippen LogP contribution < -0.4 is 0 Å². The molecule has 0 aromatic rings. The van der Waals surface area contributed by atoms with Crippen LogP contribution in [-0.2, 0) is 18.7 Å². The lowest BCUT2D eigenvalue weighted by Crippen LogP contribution is -2.43. The van der Waals surface area contributed by atoms with Crippen LogP contribution in [0.25, 0.3) is 0 Å². The van der Waals surface area contributed by atoms with Gasteiger partial charge in [0, 0.05) is 31.2 Å². The highest BCUT2D eigenvalue weighted by Crippen LogP contribution is 2.38. The number of likely N-dealkylation sites (tertiary alicyclic amines) is 1. The molecule has 0 bridgehead atoms. The first kappa shape index (κ1) is 22.1. The van der Waals surface area contributed by atoms with E-state index in [1.54, 1.807) is 0 Å². The molecule has 0 aromatic carbocycles. The molecule has 0 saturated carbocycles. The van der Waals surface area contributed by atoms with Crippen molar-refractivity contribution in [2.75, 3.05) is 32.6 Å². The van der Waals surface area contributed by atoms with Crippen LogP contribution in [0.4, 0.5) is 0 Å². The van der Waals surface area contributed by atoms with Crippen LogP contribution in [0.3, 0.4) is 0 Å². The van der Waals surface area contributed by atoms with E-state index in [-0.39, 0.29) is 23.1 Å². The number of hydrogen-bond acceptors (Lipinski definition) is 5. The lowest BCUT2D eigenvalue weighted by Gasteiger charge is -2.37. The Labute approximate surface area is 150 Å². The molecule has 1 saturated heterocycles. The summed E-state index contributed by atoms with van der Waals surface area (Å²) in [7, 11) is -5.21. The fourth-order valence-corrected chi connectivity index (χ4v) is 4.09. The Balaban J connectivity index is 2.79. The van der Waals surface area contributed by atoms with Crippen molar-refractivity contribution in [2.45, 2.75) is 65.2 Å². The zero-order valence-electron chi connectivity index (χ0n) is 17.0. The van der Waals surface area contributed by atoms with Gasteiger partial charge in [0.15, 0.2) is 8.32 Å². The molecule has 0 spiro atoms. The van der Waals surface area contributed by atoms with E-state index in [0.717, 1.165) is 19.3 Å². The van der Waals surface area contributed by atoms with Crippen LogP contribution in [-0.4, -0.2) is 59.7 Å². The highest BCUT2D eigenvalue weighted by molar-refractivity contribution is 7.85. The fourth-order valence-electron chi connectivity index (χ4n) is 2.61. The largest absolute Gasteiger partial charge is 0.416 e. The Kier molecular flexibility index (Phi) is 6.76. The lowest BCUT2D eigenvalue weighted by molar-refractivity contribution is 0.155. The van der Waals surface area contributed by atoms with E-state index in [1.165, 1.54) is 0 Å². The van der Waals surface area contributed by atoms with E-state index in [1.807, 2.05) is 0 Å². The van der Waals surface area contributed by atoms with Gasteiger partial charge in [-0.3, -0.25) is 9.08 Å². The Morgan fingerprint density at radius 2 is 1.46 bits per heavy atom. The Bertz CT molecular complexity index is 520. The molecule has 2 unspecified atom stereocenters. The summed E-state index contributed by atoms with van der Waals surface area (Å²) in [5.41, 5.74) is 0.0645. The topological polar surface area (TPSA) is 55.8 Å². The first-order valence-corrected chi connectivity index (χ1v) is 13.5. The normalized spacial score (nSPS) is 24.5. The van der Waals surface area contributed by atoms with Crippen LogP contribution in [0.2, 0.25) is 18.1 Å². The van der Waals surface area contributed by atoms with Gasteiger partial charge in [0.05, 0.1) is 12.9 Å². The van der Waals surface area contributed by atoms with Crippen molar-refractivity contribution in [1.29, 1.82) is 0 Å². The molecule has 1 aliphatic rings. The Morgan fingerprint density at radius 3 is 1.83 bits per heavy atom. The van der Waals surface area contributed by atoms with Crippen molar-refractivity contribution < 1.29 is 17.0 Å². The number of rotatable bonds is 6. The summed E-state index contributed by atoms with van der Waals surface area (Å²) in [6.07, 6.45) is 1.12. The summed E-state index contributed by atoms with van der Waals surface area (Å²) in [5.74, 6) is 0.490. The van der Waals surface area contributed by atoms with E-state index < -0.39 is 18.4 Å². The third-order valence-corrected chi connectivity index (χ3v) is 10.6. The molecule has 0 aliphatic carbocycles. The third-order valence-electron chi connectivity index (χ3n) is 5.49. The fraction of sp³-hybridized carbons (Fsp3) is 1.00. The van der Waals surface area contributed by atoms with Crippen molar-refractivity contribution in [1.82, 2.24) is 4.90 Å². The predicted molar refractivity (Wildman–Crippen MR) is 102 cm³/mol. The summed E-state index contributed by atoms with van der Waals surface area (Å²) in [5, 5.41) is 0.175. The van der Waals surface area contributed by atoms with Gasteiger partial charge >= 0.3 is 0 Å². The molecule has 1 fully saturated rings. The van der Waals surface area contributed by atoms with Crippen LogP contribution in [0, 0.1) is 11.8 Å². The van der Waals surface area contributed by atoms with Gasteiger partial charge in [-0.15, -0.1) is 0 Å². The Morgan fingerprint density at radius 1 is 1.00 bits per heavy atom. The van der Waals surface area contributed by atoms with Gasteiger partial charge in [0.1, 0.15) is 0 Å². The zero-order chi connectivity index (χ0) is 19.0. The molecule has 1 heterocycles. The summed E-state index contributed by atoms with van der Waals surface area (Å²) in [4.78, 5) is 2.41. The maximum atomic E-state index is 11.4. The maximum Gasteiger partial charge on any atom is 0.264 e. The molecule has 2 atom stereocenters. The maximum absolute atomic E-state index is 11.4. The monoisotopic (exact) mass is 379 g/mol. The molecule has 0 radical (unpaired) electrons. The lowest BCUT2D eigenvalue weighted by atomic mass is 9.98. The van der Waals surface area contributed by atoms with E-state index in [4.69, 9.17) is 8.61 Å². The molecule has 1 aliphatic heterocycles. The first-order valence-electron chi connectivity index (χ1n) is 8.76. The van der Waals surface area contributed by atoms with Gasteiger partial charge in [-0.1, -0.05) is 20.8 Å². The van der Waals surface area contributed by atoms with Gasteiger partial charge in [-0.2, -0.15) is 8.42 Å². The van der Waals surface area contributed by atoms with Crippen LogP contribution in [0.1, 0.15) is 41.5 Å². The number of nitrogens with zero attached hydrogens (tertiary/aromatic N) is 1. The molecule has 0 N–H and O–H groups in total. The summed E-state index contributed by atoms with van der Waals surface area (Å²) in [6.45, 7) is 20.5. The minimum atomic E-state index is -3.41. The molecule has 0 aromatic heterocycles. The van der Waals surface area contributed by atoms with Crippen LogP contribution >= 0.6 is 0 Å². The standard InChI is InChI=1S/C17H37NO4SSi/c1-16(2,3)18-10-14(12-21-23(7,19)20)15(11-18)13-22-24(8,9)17(4,5)6/h14-15H,10-13H2,1-9H3. The predicted octanol–water partition coefficient (Wildman–Crippen LogP) is 3.33. The van der Waals surface area contributed by atoms with Crippen LogP contribution in [0.15, 0.2) is 0 Å². The van der Waals surface area contributed by atoms with E-state index >= 15 is 0 Å². The molecule has 24 heavy (non-hydrogen) atoms. The van der Waals surface area contributed by atoms with Crippen molar-refractivity contribution in [2.24, 2.45) is 11.8 Å². The highest BCUT2D eigenvalue weighted by Gasteiger charge is 2.42. The van der Waals surface area contributed by atoms with E-state index in [0.29, 0.717) is 12.5 Å². The smallest absolute Gasteiger partial charge is 0.264 e. The van der Waals surface area contributed by atoms with Crippen molar-refractivity contribution in [3.8, 4) is 0 Å². The molecule has 7 heteroatoms. The van der Waals surface area contributed by atoms with Crippen molar-refractivity contribution >= 4 is 18.4 Å². The zero-order valence-corrected chi connectivity index (χ0v) is 18.8. The average Bonchev–Trinajstić information content (AvgIpc) is 2.75. The van der Waals surface area contributed by atoms with Crippen LogP contribution in [0.5, 0.6) is 0 Å². The first-order chi connectivity index (χ1) is 10.5.